The zero-order valence-electron chi connectivity index (χ0n) is 11.4. The molecule has 1 aromatic heterocycles. The van der Waals surface area contributed by atoms with Gasteiger partial charge >= 0.3 is 0 Å². The molecule has 0 aliphatic heterocycles. The minimum absolute atomic E-state index is 0.160. The normalized spacial score (nSPS) is 13.3. The summed E-state index contributed by atoms with van der Waals surface area (Å²) in [5.74, 6) is 0. The molecule has 0 amide bonds. The van der Waals surface area contributed by atoms with E-state index in [1.54, 1.807) is 36.4 Å². The van der Waals surface area contributed by atoms with Crippen molar-refractivity contribution in [3.8, 4) is 0 Å². The molecule has 1 atom stereocenters. The van der Waals surface area contributed by atoms with Crippen LogP contribution in [0.25, 0.3) is 0 Å². The van der Waals surface area contributed by atoms with Crippen LogP contribution in [0.3, 0.4) is 0 Å². The lowest BCUT2D eigenvalue weighted by atomic mass is 10.1. The van der Waals surface area contributed by atoms with E-state index in [9.17, 15) is 13.5 Å². The fourth-order valence-corrected chi connectivity index (χ4v) is 4.41. The van der Waals surface area contributed by atoms with Crippen LogP contribution in [0, 0.1) is 6.92 Å². The van der Waals surface area contributed by atoms with E-state index in [-0.39, 0.29) is 17.2 Å². The third-order valence-electron chi connectivity index (χ3n) is 2.92. The smallest absolute Gasteiger partial charge is 0.250 e. The van der Waals surface area contributed by atoms with E-state index >= 15 is 0 Å². The van der Waals surface area contributed by atoms with Gasteiger partial charge in [0.05, 0.1) is 6.10 Å². The molecule has 4 nitrogen and oxygen atoms in total. The van der Waals surface area contributed by atoms with Crippen LogP contribution in [0.2, 0.25) is 5.02 Å². The van der Waals surface area contributed by atoms with Crippen molar-refractivity contribution < 1.29 is 13.5 Å². The summed E-state index contributed by atoms with van der Waals surface area (Å²) in [7, 11) is -3.49. The largest absolute Gasteiger partial charge is 0.388 e. The lowest BCUT2D eigenvalue weighted by Gasteiger charge is -2.11. The molecule has 0 aliphatic carbocycles. The Labute approximate surface area is 133 Å². The molecule has 2 rings (SSSR count). The molecular formula is C14H16ClNO3S2. The van der Waals surface area contributed by atoms with Crippen molar-refractivity contribution in [1.29, 1.82) is 0 Å². The first-order chi connectivity index (χ1) is 9.88. The first kappa shape index (κ1) is 16.5. The molecular weight excluding hydrogens is 330 g/mol. The van der Waals surface area contributed by atoms with E-state index in [0.29, 0.717) is 10.6 Å². The van der Waals surface area contributed by atoms with Gasteiger partial charge in [0.1, 0.15) is 4.21 Å². The Morgan fingerprint density at radius 2 is 2.10 bits per heavy atom. The second-order valence-electron chi connectivity index (χ2n) is 4.62. The maximum Gasteiger partial charge on any atom is 0.250 e. The molecule has 0 aliphatic rings. The highest BCUT2D eigenvalue weighted by Gasteiger charge is 2.16. The first-order valence-corrected chi connectivity index (χ1v) is 9.06. The van der Waals surface area contributed by atoms with Crippen molar-refractivity contribution in [2.75, 3.05) is 6.54 Å². The number of aliphatic hydroxyl groups is 1. The van der Waals surface area contributed by atoms with E-state index < -0.39 is 16.1 Å². The molecule has 0 saturated carbocycles. The third kappa shape index (κ3) is 4.52. The quantitative estimate of drug-likeness (QED) is 0.845. The molecule has 114 valence electrons. The molecule has 0 radical (unpaired) electrons. The molecule has 1 heterocycles. The predicted octanol–water partition coefficient (Wildman–Crippen LogP) is 3.11. The number of thiophene rings is 1. The summed E-state index contributed by atoms with van der Waals surface area (Å²) < 4.78 is 26.8. The van der Waals surface area contributed by atoms with E-state index in [0.717, 1.165) is 4.88 Å². The Kier molecular flexibility index (Phi) is 5.40. The number of benzene rings is 1. The van der Waals surface area contributed by atoms with Crippen LogP contribution in [0.5, 0.6) is 0 Å². The standard InChI is InChI=1S/C14H16ClNO3S2/c1-10-5-6-14(20-10)21(18,19)16-8-7-13(17)11-3-2-4-12(15)9-11/h2-6,9,13,16-17H,7-8H2,1H3/t13-/m1/s1. The van der Waals surface area contributed by atoms with Gasteiger partial charge in [-0.05, 0) is 43.2 Å². The predicted molar refractivity (Wildman–Crippen MR) is 85.3 cm³/mol. The van der Waals surface area contributed by atoms with Gasteiger partial charge in [0.15, 0.2) is 0 Å². The van der Waals surface area contributed by atoms with Crippen molar-refractivity contribution in [1.82, 2.24) is 4.72 Å². The van der Waals surface area contributed by atoms with Crippen LogP contribution < -0.4 is 4.72 Å². The van der Waals surface area contributed by atoms with Crippen LogP contribution in [0.15, 0.2) is 40.6 Å². The molecule has 0 bridgehead atoms. The molecule has 0 fully saturated rings. The number of rotatable bonds is 6. The van der Waals surface area contributed by atoms with Gasteiger partial charge in [0.25, 0.3) is 0 Å². The Balaban J connectivity index is 1.92. The highest BCUT2D eigenvalue weighted by atomic mass is 35.5. The Hall–Kier alpha value is -0.920. The number of sulfonamides is 1. The lowest BCUT2D eigenvalue weighted by Crippen LogP contribution is -2.25. The van der Waals surface area contributed by atoms with Crippen molar-refractivity contribution >= 4 is 33.0 Å². The SMILES string of the molecule is Cc1ccc(S(=O)(=O)NCC[C@@H](O)c2cccc(Cl)c2)s1. The van der Waals surface area contributed by atoms with Gasteiger partial charge in [-0.2, -0.15) is 0 Å². The second-order valence-corrected chi connectivity index (χ2v) is 8.34. The molecule has 2 aromatic rings. The fourth-order valence-electron chi connectivity index (χ4n) is 1.84. The van der Waals surface area contributed by atoms with Crippen molar-refractivity contribution in [3.63, 3.8) is 0 Å². The van der Waals surface area contributed by atoms with Gasteiger partial charge in [-0.15, -0.1) is 11.3 Å². The molecule has 2 N–H and O–H groups in total. The van der Waals surface area contributed by atoms with Crippen LogP contribution in [0.4, 0.5) is 0 Å². The fraction of sp³-hybridized carbons (Fsp3) is 0.286. The summed E-state index contributed by atoms with van der Waals surface area (Å²) >= 11 is 7.08. The molecule has 7 heteroatoms. The monoisotopic (exact) mass is 345 g/mol. The topological polar surface area (TPSA) is 66.4 Å². The maximum atomic E-state index is 12.0. The Morgan fingerprint density at radius 1 is 1.33 bits per heavy atom. The highest BCUT2D eigenvalue weighted by molar-refractivity contribution is 7.91. The maximum absolute atomic E-state index is 12.0. The third-order valence-corrected chi connectivity index (χ3v) is 6.11. The molecule has 0 unspecified atom stereocenters. The first-order valence-electron chi connectivity index (χ1n) is 6.38. The van der Waals surface area contributed by atoms with Gasteiger partial charge in [-0.3, -0.25) is 0 Å². The average molecular weight is 346 g/mol. The average Bonchev–Trinajstić information content (AvgIpc) is 2.86. The molecule has 1 aromatic carbocycles. The summed E-state index contributed by atoms with van der Waals surface area (Å²) in [6, 6.07) is 10.2. The van der Waals surface area contributed by atoms with E-state index in [1.165, 1.54) is 11.3 Å². The number of aryl methyl sites for hydroxylation is 1. The zero-order chi connectivity index (χ0) is 15.5. The molecule has 0 saturated heterocycles. The lowest BCUT2D eigenvalue weighted by molar-refractivity contribution is 0.169. The van der Waals surface area contributed by atoms with Gasteiger partial charge in [0.2, 0.25) is 10.0 Å². The minimum atomic E-state index is -3.49. The number of hydrogen-bond donors (Lipinski definition) is 2. The second kappa shape index (κ2) is 6.89. The van der Waals surface area contributed by atoms with Gasteiger partial charge < -0.3 is 5.11 Å². The number of hydrogen-bond acceptors (Lipinski definition) is 4. The Bertz CT molecular complexity index is 713. The van der Waals surface area contributed by atoms with E-state index in [4.69, 9.17) is 11.6 Å². The highest BCUT2D eigenvalue weighted by Crippen LogP contribution is 2.22. The van der Waals surface area contributed by atoms with E-state index in [2.05, 4.69) is 4.72 Å². The summed E-state index contributed by atoms with van der Waals surface area (Å²) in [6.45, 7) is 2.01. The van der Waals surface area contributed by atoms with Crippen LogP contribution in [-0.4, -0.2) is 20.1 Å². The van der Waals surface area contributed by atoms with E-state index in [1.807, 2.05) is 6.92 Å². The summed E-state index contributed by atoms with van der Waals surface area (Å²) in [5, 5.41) is 10.6. The van der Waals surface area contributed by atoms with Crippen LogP contribution in [0.1, 0.15) is 23.0 Å². The van der Waals surface area contributed by atoms with Crippen LogP contribution >= 0.6 is 22.9 Å². The summed E-state index contributed by atoms with van der Waals surface area (Å²) in [4.78, 5) is 0.939. The number of halogens is 1. The number of nitrogens with one attached hydrogen (secondary N) is 1. The van der Waals surface area contributed by atoms with Crippen molar-refractivity contribution in [3.05, 3.63) is 51.9 Å². The molecule has 0 spiro atoms. The summed E-state index contributed by atoms with van der Waals surface area (Å²) in [6.07, 6.45) is -0.472. The minimum Gasteiger partial charge on any atom is -0.388 e. The van der Waals surface area contributed by atoms with Gasteiger partial charge in [-0.1, -0.05) is 23.7 Å². The zero-order valence-corrected chi connectivity index (χ0v) is 13.8. The van der Waals surface area contributed by atoms with Gasteiger partial charge in [0, 0.05) is 16.4 Å². The van der Waals surface area contributed by atoms with Crippen molar-refractivity contribution in [2.24, 2.45) is 0 Å². The summed E-state index contributed by atoms with van der Waals surface area (Å²) in [5.41, 5.74) is 0.675. The van der Waals surface area contributed by atoms with Crippen molar-refractivity contribution in [2.45, 2.75) is 23.7 Å². The van der Waals surface area contributed by atoms with Gasteiger partial charge in [-0.25, -0.2) is 13.1 Å². The number of aliphatic hydroxyl groups excluding tert-OH is 1. The van der Waals surface area contributed by atoms with Crippen LogP contribution in [-0.2, 0) is 10.0 Å². The Morgan fingerprint density at radius 3 is 2.71 bits per heavy atom. The molecule has 21 heavy (non-hydrogen) atoms.